The third-order valence-electron chi connectivity index (χ3n) is 3.82. The van der Waals surface area contributed by atoms with Gasteiger partial charge in [0.1, 0.15) is 0 Å². The first-order chi connectivity index (χ1) is 10.3. The van der Waals surface area contributed by atoms with Crippen LogP contribution in [0.3, 0.4) is 0 Å². The predicted molar refractivity (Wildman–Crippen MR) is 80.9 cm³/mol. The zero-order valence-corrected chi connectivity index (χ0v) is 11.7. The van der Waals surface area contributed by atoms with Crippen LogP contribution in [0.15, 0.2) is 48.5 Å². The number of carbonyl (C=O) groups is 1. The highest BCUT2D eigenvalue weighted by molar-refractivity contribution is 6.09. The quantitative estimate of drug-likeness (QED) is 0.806. The lowest BCUT2D eigenvalue weighted by atomic mass is 10.0. The third-order valence-corrected chi connectivity index (χ3v) is 3.82. The zero-order chi connectivity index (χ0) is 14.7. The zero-order valence-electron chi connectivity index (χ0n) is 11.7. The molecule has 1 heterocycles. The van der Waals surface area contributed by atoms with Gasteiger partial charge in [0.2, 0.25) is 0 Å². The lowest BCUT2D eigenvalue weighted by Gasteiger charge is -2.30. The van der Waals surface area contributed by atoms with Crippen LogP contribution in [0.4, 0.5) is 0 Å². The number of hydrogen-bond donors (Lipinski definition) is 0. The van der Waals surface area contributed by atoms with Crippen molar-refractivity contribution < 1.29 is 4.79 Å². The van der Waals surface area contributed by atoms with Crippen LogP contribution in [0, 0.1) is 11.3 Å². The summed E-state index contributed by atoms with van der Waals surface area (Å²) in [7, 11) is 0. The molecule has 0 saturated carbocycles. The van der Waals surface area contributed by atoms with E-state index in [-0.39, 0.29) is 5.78 Å². The highest BCUT2D eigenvalue weighted by Crippen LogP contribution is 2.15. The fourth-order valence-corrected chi connectivity index (χ4v) is 2.46. The standard InChI is InChI=1S/C18H16N2O/c19-12-15-3-1-4-17(11-15)18(21)16-7-5-14(6-8-16)13-20-9-2-10-20/h1,3-8,11H,2,9-10,13H2. The van der Waals surface area contributed by atoms with Crippen molar-refractivity contribution in [2.45, 2.75) is 13.0 Å². The van der Waals surface area contributed by atoms with Gasteiger partial charge >= 0.3 is 0 Å². The summed E-state index contributed by atoms with van der Waals surface area (Å²) in [6.07, 6.45) is 1.28. The van der Waals surface area contributed by atoms with Gasteiger partial charge in [0.15, 0.2) is 5.78 Å². The Morgan fingerprint density at radius 2 is 1.86 bits per heavy atom. The molecule has 2 aromatic carbocycles. The number of ketones is 1. The number of nitriles is 1. The maximum Gasteiger partial charge on any atom is 0.193 e. The molecule has 0 bridgehead atoms. The molecule has 2 aromatic rings. The highest BCUT2D eigenvalue weighted by Gasteiger charge is 2.14. The highest BCUT2D eigenvalue weighted by atomic mass is 16.1. The number of hydrogen-bond acceptors (Lipinski definition) is 3. The maximum absolute atomic E-state index is 12.4. The monoisotopic (exact) mass is 276 g/mol. The van der Waals surface area contributed by atoms with Crippen molar-refractivity contribution in [1.82, 2.24) is 4.90 Å². The van der Waals surface area contributed by atoms with Gasteiger partial charge < -0.3 is 0 Å². The van der Waals surface area contributed by atoms with Crippen LogP contribution >= 0.6 is 0 Å². The van der Waals surface area contributed by atoms with Crippen molar-refractivity contribution in [2.75, 3.05) is 13.1 Å². The first kappa shape index (κ1) is 13.5. The van der Waals surface area contributed by atoms with Crippen LogP contribution in [-0.2, 0) is 6.54 Å². The third kappa shape index (κ3) is 3.01. The lowest BCUT2D eigenvalue weighted by Crippen LogP contribution is -2.36. The Morgan fingerprint density at radius 1 is 1.10 bits per heavy atom. The van der Waals surface area contributed by atoms with Gasteiger partial charge in [-0.2, -0.15) is 5.26 Å². The Hall–Kier alpha value is -2.44. The Bertz CT molecular complexity index is 694. The number of rotatable bonds is 4. The van der Waals surface area contributed by atoms with Gasteiger partial charge in [-0.3, -0.25) is 9.69 Å². The van der Waals surface area contributed by atoms with E-state index >= 15 is 0 Å². The van der Waals surface area contributed by atoms with Crippen molar-refractivity contribution >= 4 is 5.78 Å². The second-order valence-electron chi connectivity index (χ2n) is 5.35. The Labute approximate surface area is 124 Å². The molecular formula is C18H16N2O. The van der Waals surface area contributed by atoms with Crippen LogP contribution in [0.5, 0.6) is 0 Å². The van der Waals surface area contributed by atoms with E-state index in [4.69, 9.17) is 5.26 Å². The molecule has 3 heteroatoms. The second kappa shape index (κ2) is 5.90. The number of benzene rings is 2. The van der Waals surface area contributed by atoms with Gasteiger partial charge in [0.25, 0.3) is 0 Å². The van der Waals surface area contributed by atoms with Gasteiger partial charge in [-0.05, 0) is 37.2 Å². The summed E-state index contributed by atoms with van der Waals surface area (Å²) in [5.41, 5.74) is 2.97. The topological polar surface area (TPSA) is 44.1 Å². The molecule has 0 radical (unpaired) electrons. The predicted octanol–water partition coefficient (Wildman–Crippen LogP) is 2.99. The molecule has 104 valence electrons. The summed E-state index contributed by atoms with van der Waals surface area (Å²) < 4.78 is 0. The van der Waals surface area contributed by atoms with Crippen LogP contribution in [-0.4, -0.2) is 23.8 Å². The van der Waals surface area contributed by atoms with Crippen LogP contribution in [0.1, 0.15) is 33.5 Å². The molecule has 3 nitrogen and oxygen atoms in total. The minimum Gasteiger partial charge on any atom is -0.299 e. The molecular weight excluding hydrogens is 260 g/mol. The largest absolute Gasteiger partial charge is 0.299 e. The maximum atomic E-state index is 12.4. The van der Waals surface area contributed by atoms with Crippen molar-refractivity contribution in [3.8, 4) is 6.07 Å². The van der Waals surface area contributed by atoms with E-state index in [9.17, 15) is 4.79 Å². The summed E-state index contributed by atoms with van der Waals surface area (Å²) in [5, 5.41) is 8.90. The molecule has 0 spiro atoms. The van der Waals surface area contributed by atoms with E-state index in [1.165, 1.54) is 25.1 Å². The number of nitrogens with zero attached hydrogens (tertiary/aromatic N) is 2. The van der Waals surface area contributed by atoms with E-state index in [0.29, 0.717) is 16.7 Å². The van der Waals surface area contributed by atoms with Crippen molar-refractivity contribution in [3.63, 3.8) is 0 Å². The summed E-state index contributed by atoms with van der Waals surface area (Å²) in [5.74, 6) is -0.0393. The Morgan fingerprint density at radius 3 is 2.48 bits per heavy atom. The van der Waals surface area contributed by atoms with Gasteiger partial charge in [0.05, 0.1) is 11.6 Å². The molecule has 0 unspecified atom stereocenters. The van der Waals surface area contributed by atoms with Gasteiger partial charge in [-0.1, -0.05) is 36.4 Å². The van der Waals surface area contributed by atoms with Gasteiger partial charge in [-0.15, -0.1) is 0 Å². The molecule has 0 amide bonds. The molecule has 0 aliphatic carbocycles. The van der Waals surface area contributed by atoms with E-state index in [0.717, 1.165) is 6.54 Å². The summed E-state index contributed by atoms with van der Waals surface area (Å²) in [6, 6.07) is 16.7. The lowest BCUT2D eigenvalue weighted by molar-refractivity contribution is 0.103. The fourth-order valence-electron chi connectivity index (χ4n) is 2.46. The molecule has 1 aliphatic rings. The molecule has 1 aliphatic heterocycles. The molecule has 0 N–H and O–H groups in total. The average Bonchev–Trinajstić information content (AvgIpc) is 2.51. The minimum absolute atomic E-state index is 0.0393. The molecule has 3 rings (SSSR count). The van der Waals surface area contributed by atoms with E-state index in [1.807, 2.05) is 24.3 Å². The molecule has 21 heavy (non-hydrogen) atoms. The second-order valence-corrected chi connectivity index (χ2v) is 5.35. The van der Waals surface area contributed by atoms with Crippen molar-refractivity contribution in [3.05, 3.63) is 70.8 Å². The van der Waals surface area contributed by atoms with Crippen LogP contribution in [0.2, 0.25) is 0 Å². The number of carbonyl (C=O) groups excluding carboxylic acids is 1. The smallest absolute Gasteiger partial charge is 0.193 e. The molecule has 1 saturated heterocycles. The average molecular weight is 276 g/mol. The van der Waals surface area contributed by atoms with E-state index in [1.54, 1.807) is 24.3 Å². The van der Waals surface area contributed by atoms with Gasteiger partial charge in [0, 0.05) is 17.7 Å². The first-order valence-electron chi connectivity index (χ1n) is 7.12. The fraction of sp³-hybridized carbons (Fsp3) is 0.222. The Balaban J connectivity index is 1.76. The van der Waals surface area contributed by atoms with Crippen LogP contribution in [0.25, 0.3) is 0 Å². The summed E-state index contributed by atoms with van der Waals surface area (Å²) >= 11 is 0. The van der Waals surface area contributed by atoms with Gasteiger partial charge in [-0.25, -0.2) is 0 Å². The summed E-state index contributed by atoms with van der Waals surface area (Å²) in [4.78, 5) is 14.8. The molecule has 0 aromatic heterocycles. The van der Waals surface area contributed by atoms with E-state index in [2.05, 4.69) is 11.0 Å². The minimum atomic E-state index is -0.0393. The first-order valence-corrected chi connectivity index (χ1v) is 7.12. The Kier molecular flexibility index (Phi) is 3.81. The molecule has 0 atom stereocenters. The van der Waals surface area contributed by atoms with Crippen molar-refractivity contribution in [2.24, 2.45) is 0 Å². The SMILES string of the molecule is N#Cc1cccc(C(=O)c2ccc(CN3CCC3)cc2)c1. The van der Waals surface area contributed by atoms with Crippen molar-refractivity contribution in [1.29, 1.82) is 5.26 Å². The van der Waals surface area contributed by atoms with Crippen LogP contribution < -0.4 is 0 Å². The normalized spacial score (nSPS) is 14.2. The number of likely N-dealkylation sites (tertiary alicyclic amines) is 1. The molecule has 1 fully saturated rings. The summed E-state index contributed by atoms with van der Waals surface area (Å²) in [6.45, 7) is 3.29. The van der Waals surface area contributed by atoms with E-state index < -0.39 is 0 Å².